The van der Waals surface area contributed by atoms with Gasteiger partial charge in [-0.05, 0) is 30.7 Å². The van der Waals surface area contributed by atoms with Crippen molar-refractivity contribution in [1.82, 2.24) is 15.3 Å². The van der Waals surface area contributed by atoms with Gasteiger partial charge >= 0.3 is 0 Å². The molecule has 0 aliphatic heterocycles. The van der Waals surface area contributed by atoms with Crippen molar-refractivity contribution in [2.75, 3.05) is 6.54 Å². The summed E-state index contributed by atoms with van der Waals surface area (Å²) in [6.45, 7) is 1.52. The molecule has 0 spiro atoms. The summed E-state index contributed by atoms with van der Waals surface area (Å²) < 4.78 is 12.8. The molecule has 0 fully saturated rings. The van der Waals surface area contributed by atoms with Gasteiger partial charge in [-0.25, -0.2) is 9.37 Å². The van der Waals surface area contributed by atoms with E-state index < -0.39 is 0 Å². The third kappa shape index (κ3) is 3.82. The number of nitrogens with one attached hydrogen (secondary N) is 2. The lowest BCUT2D eigenvalue weighted by molar-refractivity contribution is 0.621. The summed E-state index contributed by atoms with van der Waals surface area (Å²) in [6, 6.07) is 4.46. The van der Waals surface area contributed by atoms with Crippen LogP contribution >= 0.6 is 11.6 Å². The van der Waals surface area contributed by atoms with Crippen molar-refractivity contribution < 1.29 is 4.39 Å². The molecule has 0 bridgehead atoms. The van der Waals surface area contributed by atoms with Gasteiger partial charge in [-0.15, -0.1) is 0 Å². The van der Waals surface area contributed by atoms with Crippen molar-refractivity contribution in [2.45, 2.75) is 19.4 Å². The molecule has 0 aliphatic carbocycles. The number of H-pyrrole nitrogens is 1. The summed E-state index contributed by atoms with van der Waals surface area (Å²) in [5.74, 6) is 0.693. The lowest BCUT2D eigenvalue weighted by atomic mass is 10.2. The van der Waals surface area contributed by atoms with Crippen molar-refractivity contribution in [3.8, 4) is 0 Å². The minimum atomic E-state index is -0.304. The first-order valence-corrected chi connectivity index (χ1v) is 6.26. The van der Waals surface area contributed by atoms with Crippen LogP contribution in [-0.2, 0) is 13.0 Å². The first kappa shape index (κ1) is 13.1. The van der Waals surface area contributed by atoms with Gasteiger partial charge in [0.2, 0.25) is 0 Å². The fourth-order valence-electron chi connectivity index (χ4n) is 1.70. The summed E-state index contributed by atoms with van der Waals surface area (Å²) in [5.41, 5.74) is 0.913. The van der Waals surface area contributed by atoms with Gasteiger partial charge in [0.1, 0.15) is 11.6 Å². The van der Waals surface area contributed by atoms with Crippen LogP contribution in [0.25, 0.3) is 0 Å². The Morgan fingerprint density at radius 3 is 3.00 bits per heavy atom. The molecular weight excluding hydrogens is 253 g/mol. The average molecular weight is 268 g/mol. The van der Waals surface area contributed by atoms with Gasteiger partial charge < -0.3 is 10.3 Å². The first-order valence-electron chi connectivity index (χ1n) is 5.88. The zero-order valence-corrected chi connectivity index (χ0v) is 10.7. The summed E-state index contributed by atoms with van der Waals surface area (Å²) in [7, 11) is 0. The number of rotatable bonds is 6. The number of aromatic nitrogens is 2. The summed E-state index contributed by atoms with van der Waals surface area (Å²) in [6.07, 6.45) is 5.48. The number of hydrogen-bond donors (Lipinski definition) is 2. The van der Waals surface area contributed by atoms with E-state index in [4.69, 9.17) is 11.6 Å². The van der Waals surface area contributed by atoms with E-state index in [9.17, 15) is 4.39 Å². The summed E-state index contributed by atoms with van der Waals surface area (Å²) >= 11 is 5.93. The summed E-state index contributed by atoms with van der Waals surface area (Å²) in [4.78, 5) is 7.21. The number of aryl methyl sites for hydroxylation is 1. The second-order valence-corrected chi connectivity index (χ2v) is 4.46. The van der Waals surface area contributed by atoms with E-state index in [1.807, 2.05) is 6.20 Å². The quantitative estimate of drug-likeness (QED) is 0.790. The highest BCUT2D eigenvalue weighted by Gasteiger charge is 2.01. The van der Waals surface area contributed by atoms with Crippen molar-refractivity contribution in [1.29, 1.82) is 0 Å². The molecule has 5 heteroatoms. The predicted octanol–water partition coefficient (Wildman–Crippen LogP) is 2.92. The lowest BCUT2D eigenvalue weighted by Crippen LogP contribution is -2.15. The molecule has 0 saturated heterocycles. The molecule has 18 heavy (non-hydrogen) atoms. The minimum Gasteiger partial charge on any atom is -0.349 e. The van der Waals surface area contributed by atoms with Gasteiger partial charge in [0.25, 0.3) is 0 Å². The Morgan fingerprint density at radius 1 is 1.39 bits per heavy atom. The largest absolute Gasteiger partial charge is 0.349 e. The average Bonchev–Trinajstić information content (AvgIpc) is 2.84. The van der Waals surface area contributed by atoms with E-state index in [2.05, 4.69) is 15.3 Å². The molecule has 2 aromatic rings. The highest BCUT2D eigenvalue weighted by molar-refractivity contribution is 6.31. The van der Waals surface area contributed by atoms with Gasteiger partial charge in [0.05, 0.1) is 0 Å². The zero-order valence-electron chi connectivity index (χ0n) is 9.92. The van der Waals surface area contributed by atoms with E-state index in [0.29, 0.717) is 11.6 Å². The Labute approximate surface area is 110 Å². The lowest BCUT2D eigenvalue weighted by Gasteiger charge is -2.06. The smallest absolute Gasteiger partial charge is 0.124 e. The maximum Gasteiger partial charge on any atom is 0.124 e. The Morgan fingerprint density at radius 2 is 2.28 bits per heavy atom. The van der Waals surface area contributed by atoms with Crippen molar-refractivity contribution in [3.05, 3.63) is 52.8 Å². The standard InChI is InChI=1S/C13H15ClFN3/c14-12-8-11(15)4-3-10(12)9-16-5-1-2-13-17-6-7-18-13/h3-4,6-8,16H,1-2,5,9H2,(H,17,18). The van der Waals surface area contributed by atoms with Crippen molar-refractivity contribution in [3.63, 3.8) is 0 Å². The van der Waals surface area contributed by atoms with Crippen molar-refractivity contribution in [2.24, 2.45) is 0 Å². The van der Waals surface area contributed by atoms with E-state index in [1.165, 1.54) is 12.1 Å². The minimum absolute atomic E-state index is 0.304. The van der Waals surface area contributed by atoms with Crippen LogP contribution in [0.4, 0.5) is 4.39 Å². The van der Waals surface area contributed by atoms with Crippen LogP contribution in [0.5, 0.6) is 0 Å². The highest BCUT2D eigenvalue weighted by atomic mass is 35.5. The number of hydrogen-bond acceptors (Lipinski definition) is 2. The van der Waals surface area contributed by atoms with Gasteiger partial charge in [-0.2, -0.15) is 0 Å². The van der Waals surface area contributed by atoms with Crippen LogP contribution in [0, 0.1) is 5.82 Å². The molecule has 1 heterocycles. The molecule has 3 nitrogen and oxygen atoms in total. The van der Waals surface area contributed by atoms with E-state index in [1.54, 1.807) is 12.3 Å². The maximum absolute atomic E-state index is 12.8. The number of aromatic amines is 1. The molecule has 2 rings (SSSR count). The Hall–Kier alpha value is -1.39. The molecule has 2 N–H and O–H groups in total. The second kappa shape index (κ2) is 6.52. The molecule has 0 unspecified atom stereocenters. The monoisotopic (exact) mass is 267 g/mol. The first-order chi connectivity index (χ1) is 8.75. The van der Waals surface area contributed by atoms with Gasteiger partial charge in [-0.3, -0.25) is 0 Å². The number of halogens is 2. The number of benzene rings is 1. The fraction of sp³-hybridized carbons (Fsp3) is 0.308. The normalized spacial score (nSPS) is 10.8. The molecule has 0 amide bonds. The van der Waals surface area contributed by atoms with Crippen LogP contribution in [0.2, 0.25) is 5.02 Å². The third-order valence-electron chi connectivity index (χ3n) is 2.65. The fourth-order valence-corrected chi connectivity index (χ4v) is 1.94. The SMILES string of the molecule is Fc1ccc(CNCCCc2ncc[nH]2)c(Cl)c1. The third-order valence-corrected chi connectivity index (χ3v) is 3.00. The Kier molecular flexibility index (Phi) is 4.73. The van der Waals surface area contributed by atoms with Crippen LogP contribution in [0.15, 0.2) is 30.6 Å². The molecule has 0 radical (unpaired) electrons. The molecule has 0 atom stereocenters. The Balaban J connectivity index is 1.69. The highest BCUT2D eigenvalue weighted by Crippen LogP contribution is 2.16. The zero-order chi connectivity index (χ0) is 12.8. The number of nitrogens with zero attached hydrogens (tertiary/aromatic N) is 1. The Bertz CT molecular complexity index is 485. The number of imidazole rings is 1. The molecule has 0 aliphatic rings. The van der Waals surface area contributed by atoms with E-state index in [0.717, 1.165) is 30.8 Å². The molecule has 96 valence electrons. The van der Waals surface area contributed by atoms with Gasteiger partial charge in [-0.1, -0.05) is 17.7 Å². The maximum atomic E-state index is 12.8. The topological polar surface area (TPSA) is 40.7 Å². The van der Waals surface area contributed by atoms with Crippen LogP contribution in [0.1, 0.15) is 17.8 Å². The molecular formula is C13H15ClFN3. The summed E-state index contributed by atoms with van der Waals surface area (Å²) in [5, 5.41) is 3.74. The molecule has 1 aromatic carbocycles. The van der Waals surface area contributed by atoms with E-state index in [-0.39, 0.29) is 5.82 Å². The van der Waals surface area contributed by atoms with Gasteiger partial charge in [0.15, 0.2) is 0 Å². The van der Waals surface area contributed by atoms with Crippen LogP contribution < -0.4 is 5.32 Å². The molecule has 0 saturated carbocycles. The van der Waals surface area contributed by atoms with Crippen LogP contribution in [0.3, 0.4) is 0 Å². The van der Waals surface area contributed by atoms with Crippen molar-refractivity contribution >= 4 is 11.6 Å². The second-order valence-electron chi connectivity index (χ2n) is 4.05. The predicted molar refractivity (Wildman–Crippen MR) is 70.0 cm³/mol. The molecule has 1 aromatic heterocycles. The van der Waals surface area contributed by atoms with Crippen LogP contribution in [-0.4, -0.2) is 16.5 Å². The van der Waals surface area contributed by atoms with E-state index >= 15 is 0 Å². The van der Waals surface area contributed by atoms with Gasteiger partial charge in [0, 0.05) is 30.4 Å².